The van der Waals surface area contributed by atoms with E-state index in [1.165, 1.54) is 5.56 Å². The first-order valence-corrected chi connectivity index (χ1v) is 6.09. The van der Waals surface area contributed by atoms with Gasteiger partial charge in [-0.3, -0.25) is 9.69 Å². The molecule has 0 amide bonds. The summed E-state index contributed by atoms with van der Waals surface area (Å²) >= 11 is 0. The minimum atomic E-state index is -0.798. The SMILES string of the molecule is Cc1ccc(C)c(OCCCN(C)CC(=O)O)c1. The molecule has 0 aliphatic carbocycles. The lowest BCUT2D eigenvalue weighted by molar-refractivity contribution is -0.138. The highest BCUT2D eigenvalue weighted by Gasteiger charge is 2.04. The number of hydrogen-bond donors (Lipinski definition) is 1. The Morgan fingerprint density at radius 2 is 2.11 bits per heavy atom. The van der Waals surface area contributed by atoms with E-state index in [1.54, 1.807) is 11.9 Å². The van der Waals surface area contributed by atoms with E-state index < -0.39 is 5.97 Å². The van der Waals surface area contributed by atoms with Gasteiger partial charge in [0.15, 0.2) is 0 Å². The lowest BCUT2D eigenvalue weighted by Gasteiger charge is -2.14. The number of likely N-dealkylation sites (N-methyl/N-ethyl adjacent to an activating group) is 1. The predicted molar refractivity (Wildman–Crippen MR) is 71.2 cm³/mol. The summed E-state index contributed by atoms with van der Waals surface area (Å²) < 4.78 is 5.70. The standard InChI is InChI=1S/C14H21NO3/c1-11-5-6-12(2)13(9-11)18-8-4-7-15(3)10-14(16)17/h5-6,9H,4,7-8,10H2,1-3H3,(H,16,17). The molecule has 100 valence electrons. The van der Waals surface area contributed by atoms with Crippen LogP contribution >= 0.6 is 0 Å². The van der Waals surface area contributed by atoms with Gasteiger partial charge in [-0.25, -0.2) is 0 Å². The van der Waals surface area contributed by atoms with Crippen molar-refractivity contribution in [1.82, 2.24) is 4.90 Å². The van der Waals surface area contributed by atoms with Gasteiger partial charge in [-0.15, -0.1) is 0 Å². The predicted octanol–water partition coefficient (Wildman–Crippen LogP) is 2.09. The van der Waals surface area contributed by atoms with Gasteiger partial charge >= 0.3 is 5.97 Å². The van der Waals surface area contributed by atoms with Gasteiger partial charge in [0.25, 0.3) is 0 Å². The van der Waals surface area contributed by atoms with E-state index in [4.69, 9.17) is 9.84 Å². The fourth-order valence-electron chi connectivity index (χ4n) is 1.69. The summed E-state index contributed by atoms with van der Waals surface area (Å²) in [5, 5.41) is 8.61. The van der Waals surface area contributed by atoms with Gasteiger partial charge in [-0.1, -0.05) is 12.1 Å². The van der Waals surface area contributed by atoms with Crippen LogP contribution in [0.5, 0.6) is 5.75 Å². The molecule has 0 aliphatic rings. The van der Waals surface area contributed by atoms with Crippen molar-refractivity contribution >= 4 is 5.97 Å². The van der Waals surface area contributed by atoms with Crippen LogP contribution in [0.1, 0.15) is 17.5 Å². The van der Waals surface area contributed by atoms with Crippen LogP contribution in [0.15, 0.2) is 18.2 Å². The molecule has 0 atom stereocenters. The number of carbonyl (C=O) groups is 1. The number of aliphatic carboxylic acids is 1. The summed E-state index contributed by atoms with van der Waals surface area (Å²) in [6.45, 7) is 5.45. The number of carboxylic acid groups (broad SMARTS) is 1. The smallest absolute Gasteiger partial charge is 0.317 e. The van der Waals surface area contributed by atoms with E-state index in [1.807, 2.05) is 26.0 Å². The van der Waals surface area contributed by atoms with E-state index in [-0.39, 0.29) is 6.54 Å². The quantitative estimate of drug-likeness (QED) is 0.754. The Labute approximate surface area is 108 Å². The van der Waals surface area contributed by atoms with Gasteiger partial charge in [0.2, 0.25) is 0 Å². The Bertz CT molecular complexity index is 404. The Morgan fingerprint density at radius 3 is 2.78 bits per heavy atom. The van der Waals surface area contributed by atoms with Crippen molar-refractivity contribution in [2.75, 3.05) is 26.7 Å². The van der Waals surface area contributed by atoms with Crippen LogP contribution < -0.4 is 4.74 Å². The molecule has 18 heavy (non-hydrogen) atoms. The molecular formula is C14H21NO3. The monoisotopic (exact) mass is 251 g/mol. The molecule has 0 bridgehead atoms. The Balaban J connectivity index is 2.29. The minimum Gasteiger partial charge on any atom is -0.493 e. The Morgan fingerprint density at radius 1 is 1.39 bits per heavy atom. The third kappa shape index (κ3) is 5.19. The summed E-state index contributed by atoms with van der Waals surface area (Å²) in [7, 11) is 1.80. The first-order chi connectivity index (χ1) is 8.49. The number of hydrogen-bond acceptors (Lipinski definition) is 3. The van der Waals surface area contributed by atoms with Crippen LogP contribution in [0.3, 0.4) is 0 Å². The summed E-state index contributed by atoms with van der Waals surface area (Å²) in [4.78, 5) is 12.2. The van der Waals surface area contributed by atoms with E-state index >= 15 is 0 Å². The third-order valence-corrected chi connectivity index (χ3v) is 2.69. The molecule has 0 saturated heterocycles. The van der Waals surface area contributed by atoms with E-state index in [9.17, 15) is 4.79 Å². The van der Waals surface area contributed by atoms with Crippen LogP contribution in [0.4, 0.5) is 0 Å². The second kappa shape index (κ2) is 7.01. The average Bonchev–Trinajstić information content (AvgIpc) is 2.28. The summed E-state index contributed by atoms with van der Waals surface area (Å²) in [6.07, 6.45) is 0.817. The van der Waals surface area contributed by atoms with E-state index in [0.717, 1.165) is 24.3 Å². The molecule has 4 nitrogen and oxygen atoms in total. The van der Waals surface area contributed by atoms with Crippen molar-refractivity contribution < 1.29 is 14.6 Å². The van der Waals surface area contributed by atoms with Gasteiger partial charge in [-0.05, 0) is 44.5 Å². The molecule has 0 aromatic heterocycles. The van der Waals surface area contributed by atoms with Crippen LogP contribution in [0.25, 0.3) is 0 Å². The molecule has 1 aromatic rings. The van der Waals surface area contributed by atoms with Crippen molar-refractivity contribution in [1.29, 1.82) is 0 Å². The van der Waals surface area contributed by atoms with Gasteiger partial charge in [0, 0.05) is 6.54 Å². The van der Waals surface area contributed by atoms with Crippen molar-refractivity contribution in [2.24, 2.45) is 0 Å². The molecule has 1 rings (SSSR count). The molecule has 4 heteroatoms. The van der Waals surface area contributed by atoms with E-state index in [2.05, 4.69) is 6.07 Å². The maximum absolute atomic E-state index is 10.5. The van der Waals surface area contributed by atoms with Crippen LogP contribution in [-0.2, 0) is 4.79 Å². The first kappa shape index (κ1) is 14.5. The second-order valence-electron chi connectivity index (χ2n) is 4.60. The highest BCUT2D eigenvalue weighted by atomic mass is 16.5. The molecule has 1 N–H and O–H groups in total. The van der Waals surface area contributed by atoms with Gasteiger partial charge in [0.1, 0.15) is 5.75 Å². The van der Waals surface area contributed by atoms with Gasteiger partial charge in [0.05, 0.1) is 13.2 Å². The van der Waals surface area contributed by atoms with Crippen LogP contribution in [0, 0.1) is 13.8 Å². The lowest BCUT2D eigenvalue weighted by Crippen LogP contribution is -2.27. The molecule has 0 aliphatic heterocycles. The number of carboxylic acids is 1. The van der Waals surface area contributed by atoms with Crippen molar-refractivity contribution in [2.45, 2.75) is 20.3 Å². The molecule has 0 spiro atoms. The molecule has 0 radical (unpaired) electrons. The number of nitrogens with zero attached hydrogens (tertiary/aromatic N) is 1. The number of aryl methyl sites for hydroxylation is 2. The molecular weight excluding hydrogens is 230 g/mol. The zero-order chi connectivity index (χ0) is 13.5. The molecule has 0 unspecified atom stereocenters. The molecule has 0 heterocycles. The van der Waals surface area contributed by atoms with Gasteiger partial charge < -0.3 is 9.84 Å². The van der Waals surface area contributed by atoms with Crippen LogP contribution in [0.2, 0.25) is 0 Å². The highest BCUT2D eigenvalue weighted by molar-refractivity contribution is 5.68. The number of benzene rings is 1. The van der Waals surface area contributed by atoms with Crippen molar-refractivity contribution in [3.63, 3.8) is 0 Å². The zero-order valence-corrected chi connectivity index (χ0v) is 11.3. The maximum atomic E-state index is 10.5. The van der Waals surface area contributed by atoms with Crippen LogP contribution in [-0.4, -0.2) is 42.7 Å². The average molecular weight is 251 g/mol. The van der Waals surface area contributed by atoms with Crippen molar-refractivity contribution in [3.8, 4) is 5.75 Å². The van der Waals surface area contributed by atoms with E-state index in [0.29, 0.717) is 6.61 Å². The minimum absolute atomic E-state index is 0.0729. The molecule has 0 saturated carbocycles. The topological polar surface area (TPSA) is 49.8 Å². The lowest BCUT2D eigenvalue weighted by atomic mass is 10.1. The zero-order valence-electron chi connectivity index (χ0n) is 11.3. The summed E-state index contributed by atoms with van der Waals surface area (Å²) in [5.41, 5.74) is 2.30. The number of rotatable bonds is 7. The number of ether oxygens (including phenoxy) is 1. The Hall–Kier alpha value is -1.55. The summed E-state index contributed by atoms with van der Waals surface area (Å²) in [5.74, 6) is 0.115. The highest BCUT2D eigenvalue weighted by Crippen LogP contribution is 2.19. The third-order valence-electron chi connectivity index (χ3n) is 2.69. The normalized spacial score (nSPS) is 10.7. The van der Waals surface area contributed by atoms with Crippen molar-refractivity contribution in [3.05, 3.63) is 29.3 Å². The summed E-state index contributed by atoms with van der Waals surface area (Å²) in [6, 6.07) is 6.13. The first-order valence-electron chi connectivity index (χ1n) is 6.09. The molecule has 1 aromatic carbocycles. The second-order valence-corrected chi connectivity index (χ2v) is 4.60. The van der Waals surface area contributed by atoms with Gasteiger partial charge in [-0.2, -0.15) is 0 Å². The largest absolute Gasteiger partial charge is 0.493 e. The maximum Gasteiger partial charge on any atom is 0.317 e. The Kier molecular flexibility index (Phi) is 5.65. The molecule has 0 fully saturated rings. The fraction of sp³-hybridized carbons (Fsp3) is 0.500. The fourth-order valence-corrected chi connectivity index (χ4v) is 1.69.